The lowest BCUT2D eigenvalue weighted by molar-refractivity contribution is -0.155. The summed E-state index contributed by atoms with van der Waals surface area (Å²) in [6.07, 6.45) is 2.25. The van der Waals surface area contributed by atoms with Gasteiger partial charge in [-0.2, -0.15) is 0 Å². The van der Waals surface area contributed by atoms with Gasteiger partial charge in [0.25, 0.3) is 0 Å². The predicted molar refractivity (Wildman–Crippen MR) is 67.1 cm³/mol. The molecule has 0 aromatic carbocycles. The number of hydrogen-bond acceptors (Lipinski definition) is 6. The van der Waals surface area contributed by atoms with Crippen molar-refractivity contribution < 1.29 is 38.9 Å². The summed E-state index contributed by atoms with van der Waals surface area (Å²) in [7, 11) is 0. The molecule has 0 amide bonds. The van der Waals surface area contributed by atoms with Gasteiger partial charge in [0.15, 0.2) is 0 Å². The lowest BCUT2D eigenvalue weighted by atomic mass is 10.1. The van der Waals surface area contributed by atoms with Crippen LogP contribution in [0.25, 0.3) is 0 Å². The molecule has 1 heterocycles. The van der Waals surface area contributed by atoms with Gasteiger partial charge in [0.05, 0.1) is 11.1 Å². The van der Waals surface area contributed by atoms with Crippen molar-refractivity contribution in [1.82, 2.24) is 0 Å². The molecule has 0 fully saturated rings. The van der Waals surface area contributed by atoms with Crippen LogP contribution >= 0.6 is 0 Å². The molecule has 1 aliphatic heterocycles. The van der Waals surface area contributed by atoms with Crippen molar-refractivity contribution in [1.29, 1.82) is 0 Å². The van der Waals surface area contributed by atoms with E-state index < -0.39 is 41.1 Å². The van der Waals surface area contributed by atoms with Gasteiger partial charge < -0.3 is 19.7 Å². The standard InChI is InChI=1S/C13H12O8/c1-7-6-20-12(18)8(2-4-10(14)15)9(13(19)21-7)3-5-11(16)17/h2-5,7H,6H2,1H3,(H,14,15)(H,16,17)/b4-2?,5-3?,9-8+. The highest BCUT2D eigenvalue weighted by Gasteiger charge is 2.25. The van der Waals surface area contributed by atoms with Crippen LogP contribution in [0.4, 0.5) is 0 Å². The van der Waals surface area contributed by atoms with Crippen molar-refractivity contribution in [3.05, 3.63) is 35.5 Å². The fourth-order valence-electron chi connectivity index (χ4n) is 1.40. The molecule has 0 spiro atoms. The molecule has 1 rings (SSSR count). The average Bonchev–Trinajstić information content (AvgIpc) is 2.37. The average molecular weight is 296 g/mol. The summed E-state index contributed by atoms with van der Waals surface area (Å²) in [5.74, 6) is -4.58. The number of cyclic esters (lactones) is 2. The Bertz CT molecular complexity index is 567. The van der Waals surface area contributed by atoms with Crippen LogP contribution < -0.4 is 0 Å². The Morgan fingerprint density at radius 2 is 1.52 bits per heavy atom. The molecule has 0 radical (unpaired) electrons. The fourth-order valence-corrected chi connectivity index (χ4v) is 1.40. The minimum absolute atomic E-state index is 0.190. The first kappa shape index (κ1) is 16.2. The minimum atomic E-state index is -1.35. The van der Waals surface area contributed by atoms with Crippen LogP contribution in [0.15, 0.2) is 35.5 Å². The van der Waals surface area contributed by atoms with Gasteiger partial charge in [-0.15, -0.1) is 0 Å². The summed E-state index contributed by atoms with van der Waals surface area (Å²) in [5, 5.41) is 17.2. The van der Waals surface area contributed by atoms with Crippen LogP contribution in [-0.4, -0.2) is 46.8 Å². The van der Waals surface area contributed by atoms with Crippen molar-refractivity contribution in [2.24, 2.45) is 0 Å². The molecule has 0 bridgehead atoms. The summed E-state index contributed by atoms with van der Waals surface area (Å²) < 4.78 is 9.75. The Hall–Kier alpha value is -2.90. The predicted octanol–water partition coefficient (Wildman–Crippen LogP) is 0.0531. The van der Waals surface area contributed by atoms with E-state index in [2.05, 4.69) is 0 Å². The molecule has 0 aromatic heterocycles. The fraction of sp³-hybridized carbons (Fsp3) is 0.231. The maximum Gasteiger partial charge on any atom is 0.339 e. The number of carboxylic acid groups (broad SMARTS) is 2. The van der Waals surface area contributed by atoms with Crippen LogP contribution in [0.2, 0.25) is 0 Å². The van der Waals surface area contributed by atoms with Gasteiger partial charge in [0.2, 0.25) is 0 Å². The van der Waals surface area contributed by atoms with Gasteiger partial charge in [0.1, 0.15) is 12.7 Å². The highest BCUT2D eigenvalue weighted by Crippen LogP contribution is 2.17. The lowest BCUT2D eigenvalue weighted by Crippen LogP contribution is -2.28. The Morgan fingerprint density at radius 1 is 1.05 bits per heavy atom. The third-order valence-electron chi connectivity index (χ3n) is 2.27. The molecule has 0 saturated heterocycles. The van der Waals surface area contributed by atoms with E-state index in [1.807, 2.05) is 0 Å². The number of carbonyl (C=O) groups excluding carboxylic acids is 2. The molecule has 0 saturated carbocycles. The topological polar surface area (TPSA) is 127 Å². The van der Waals surface area contributed by atoms with E-state index in [1.54, 1.807) is 0 Å². The van der Waals surface area contributed by atoms with Crippen molar-refractivity contribution in [3.8, 4) is 0 Å². The number of rotatable bonds is 4. The molecule has 8 nitrogen and oxygen atoms in total. The lowest BCUT2D eigenvalue weighted by Gasteiger charge is -2.18. The normalized spacial score (nSPS) is 23.6. The van der Waals surface area contributed by atoms with Gasteiger partial charge >= 0.3 is 23.9 Å². The quantitative estimate of drug-likeness (QED) is 0.550. The summed E-state index contributed by atoms with van der Waals surface area (Å²) in [4.78, 5) is 44.7. The zero-order valence-electron chi connectivity index (χ0n) is 10.9. The molecule has 1 aliphatic rings. The van der Waals surface area contributed by atoms with Crippen molar-refractivity contribution in [2.75, 3.05) is 6.61 Å². The highest BCUT2D eigenvalue weighted by molar-refractivity contribution is 6.06. The summed E-state index contributed by atoms with van der Waals surface area (Å²) in [6.45, 7) is 1.30. The van der Waals surface area contributed by atoms with Crippen LogP contribution in [0.1, 0.15) is 6.92 Å². The van der Waals surface area contributed by atoms with Crippen molar-refractivity contribution >= 4 is 23.9 Å². The Labute approximate surface area is 119 Å². The van der Waals surface area contributed by atoms with Crippen LogP contribution in [0.5, 0.6) is 0 Å². The molecule has 0 aliphatic carbocycles. The van der Waals surface area contributed by atoms with E-state index >= 15 is 0 Å². The van der Waals surface area contributed by atoms with E-state index in [1.165, 1.54) is 6.92 Å². The molecular weight excluding hydrogens is 284 g/mol. The molecular formula is C13H12O8. The van der Waals surface area contributed by atoms with Crippen molar-refractivity contribution in [2.45, 2.75) is 13.0 Å². The largest absolute Gasteiger partial charge is 0.478 e. The monoisotopic (exact) mass is 296 g/mol. The Kier molecular flexibility index (Phi) is 5.41. The molecule has 8 heteroatoms. The van der Waals surface area contributed by atoms with E-state index in [0.717, 1.165) is 12.2 Å². The maximum atomic E-state index is 11.9. The molecule has 1 atom stereocenters. The number of esters is 2. The van der Waals surface area contributed by atoms with E-state index in [4.69, 9.17) is 19.7 Å². The first-order chi connectivity index (χ1) is 9.81. The Balaban J connectivity index is 3.37. The van der Waals surface area contributed by atoms with Crippen molar-refractivity contribution in [3.63, 3.8) is 0 Å². The molecule has 21 heavy (non-hydrogen) atoms. The molecule has 0 aromatic rings. The SMILES string of the molecule is CC1COC(=O)/C(C=CC(=O)O)=C(\C=CC(=O)O)C(=O)O1. The number of carbonyl (C=O) groups is 4. The van der Waals surface area contributed by atoms with E-state index in [9.17, 15) is 19.2 Å². The second-order valence-electron chi connectivity index (χ2n) is 3.98. The van der Waals surface area contributed by atoms with Gasteiger partial charge in [-0.05, 0) is 19.1 Å². The number of ether oxygens (including phenoxy) is 2. The summed E-state index contributed by atoms with van der Waals surface area (Å²) in [6, 6.07) is 0. The second kappa shape index (κ2) is 7.04. The van der Waals surface area contributed by atoms with Gasteiger partial charge in [-0.3, -0.25) is 0 Å². The molecule has 1 unspecified atom stereocenters. The van der Waals surface area contributed by atoms with Gasteiger partial charge in [-0.25, -0.2) is 19.2 Å². The zero-order valence-corrected chi connectivity index (χ0v) is 10.9. The van der Waals surface area contributed by atoms with Gasteiger partial charge in [-0.1, -0.05) is 0 Å². The zero-order chi connectivity index (χ0) is 16.0. The van der Waals surface area contributed by atoms with Crippen LogP contribution in [0.3, 0.4) is 0 Å². The van der Waals surface area contributed by atoms with E-state index in [-0.39, 0.29) is 6.61 Å². The summed E-state index contributed by atoms with van der Waals surface area (Å²) >= 11 is 0. The third-order valence-corrected chi connectivity index (χ3v) is 2.27. The first-order valence-corrected chi connectivity index (χ1v) is 5.75. The number of carboxylic acids is 2. The van der Waals surface area contributed by atoms with Crippen LogP contribution in [0, 0.1) is 0 Å². The highest BCUT2D eigenvalue weighted by atomic mass is 16.6. The first-order valence-electron chi connectivity index (χ1n) is 5.75. The summed E-state index contributed by atoms with van der Waals surface area (Å²) in [5.41, 5.74) is -0.793. The molecule has 2 N–H and O–H groups in total. The third kappa shape index (κ3) is 4.94. The van der Waals surface area contributed by atoms with Gasteiger partial charge in [0, 0.05) is 12.2 Å². The molecule has 112 valence electrons. The maximum absolute atomic E-state index is 11.9. The smallest absolute Gasteiger partial charge is 0.339 e. The Morgan fingerprint density at radius 3 is 2.00 bits per heavy atom. The number of aliphatic carboxylic acids is 2. The van der Waals surface area contributed by atoms with Crippen LogP contribution in [-0.2, 0) is 28.7 Å². The minimum Gasteiger partial charge on any atom is -0.478 e. The van der Waals surface area contributed by atoms with E-state index in [0.29, 0.717) is 12.2 Å². The second-order valence-corrected chi connectivity index (χ2v) is 3.98. The number of hydrogen-bond donors (Lipinski definition) is 2.